The third-order valence-corrected chi connectivity index (χ3v) is 4.23. The number of nitrogens with two attached hydrogens (primary N) is 2. The number of carbonyl (C=O) groups is 1. The Morgan fingerprint density at radius 3 is 2.62 bits per heavy atom. The third kappa shape index (κ3) is 2.76. The molecule has 5 nitrogen and oxygen atoms in total. The van der Waals surface area contributed by atoms with E-state index in [9.17, 15) is 4.79 Å². The molecular formula is C19H20N4O. The first-order chi connectivity index (χ1) is 11.5. The van der Waals surface area contributed by atoms with E-state index in [1.807, 2.05) is 60.7 Å². The average Bonchev–Trinajstić information content (AvgIpc) is 2.86. The Kier molecular flexibility index (Phi) is 4.08. The van der Waals surface area contributed by atoms with E-state index in [-0.39, 0.29) is 0 Å². The predicted molar refractivity (Wildman–Crippen MR) is 96.8 cm³/mol. The molecule has 3 aromatic rings. The maximum absolute atomic E-state index is 11.9. The van der Waals surface area contributed by atoms with Gasteiger partial charge in [0.05, 0.1) is 16.9 Å². The van der Waals surface area contributed by atoms with Crippen LogP contribution in [0.15, 0.2) is 42.6 Å². The number of pyridine rings is 1. The van der Waals surface area contributed by atoms with Gasteiger partial charge in [0.15, 0.2) is 5.65 Å². The van der Waals surface area contributed by atoms with Crippen LogP contribution in [0.1, 0.15) is 32.9 Å². The van der Waals surface area contributed by atoms with Crippen LogP contribution in [0.4, 0.5) is 5.69 Å². The number of rotatable bonds is 4. The van der Waals surface area contributed by atoms with Gasteiger partial charge >= 0.3 is 0 Å². The number of hydrogen-bond acceptors (Lipinski definition) is 3. The molecule has 5 heteroatoms. The molecule has 0 bridgehead atoms. The number of nitrogens with zero attached hydrogens (tertiary/aromatic N) is 2. The van der Waals surface area contributed by atoms with Crippen molar-refractivity contribution in [3.8, 4) is 0 Å². The Morgan fingerprint density at radius 1 is 1.25 bits per heavy atom. The topological polar surface area (TPSA) is 86.4 Å². The lowest BCUT2D eigenvalue weighted by Gasteiger charge is -2.11. The second-order valence-corrected chi connectivity index (χ2v) is 5.79. The quantitative estimate of drug-likeness (QED) is 0.775. The summed E-state index contributed by atoms with van der Waals surface area (Å²) in [6, 6.07) is 9.95. The summed E-state index contributed by atoms with van der Waals surface area (Å²) in [7, 11) is 0. The number of nitrogen functional groups attached to an aromatic ring is 1. The van der Waals surface area contributed by atoms with Crippen molar-refractivity contribution in [2.24, 2.45) is 5.73 Å². The van der Waals surface area contributed by atoms with Crippen LogP contribution in [-0.4, -0.2) is 15.3 Å². The second kappa shape index (κ2) is 6.20. The van der Waals surface area contributed by atoms with E-state index in [1.54, 1.807) is 6.20 Å². The molecule has 24 heavy (non-hydrogen) atoms. The molecule has 4 N–H and O–H groups in total. The van der Waals surface area contributed by atoms with Crippen molar-refractivity contribution < 1.29 is 4.79 Å². The van der Waals surface area contributed by atoms with Gasteiger partial charge in [-0.15, -0.1) is 0 Å². The first-order valence-electron chi connectivity index (χ1n) is 7.77. The number of allylic oxidation sites excluding steroid dienone is 1. The zero-order chi connectivity index (χ0) is 17.3. The summed E-state index contributed by atoms with van der Waals surface area (Å²) in [6.45, 7) is 3.86. The van der Waals surface area contributed by atoms with Gasteiger partial charge in [-0.3, -0.25) is 4.79 Å². The minimum atomic E-state index is -0.488. The van der Waals surface area contributed by atoms with Crippen LogP contribution in [-0.2, 0) is 6.42 Å². The van der Waals surface area contributed by atoms with Crippen LogP contribution in [0.25, 0.3) is 11.7 Å². The van der Waals surface area contributed by atoms with E-state index >= 15 is 0 Å². The largest absolute Gasteiger partial charge is 0.395 e. The monoisotopic (exact) mass is 320 g/mol. The molecule has 2 aromatic heterocycles. The lowest BCUT2D eigenvalue weighted by atomic mass is 10.0. The highest BCUT2D eigenvalue weighted by atomic mass is 16.1. The van der Waals surface area contributed by atoms with Gasteiger partial charge in [-0.2, -0.15) is 0 Å². The fourth-order valence-electron chi connectivity index (χ4n) is 2.77. The number of fused-ring (bicyclic) bond motifs is 1. The van der Waals surface area contributed by atoms with E-state index in [0.29, 0.717) is 28.9 Å². The fraction of sp³-hybridized carbons (Fsp3) is 0.158. The van der Waals surface area contributed by atoms with Crippen molar-refractivity contribution in [2.45, 2.75) is 20.3 Å². The minimum Gasteiger partial charge on any atom is -0.395 e. The van der Waals surface area contributed by atoms with Crippen LogP contribution in [0.3, 0.4) is 0 Å². The van der Waals surface area contributed by atoms with E-state index < -0.39 is 5.91 Å². The third-order valence-electron chi connectivity index (χ3n) is 4.23. The molecular weight excluding hydrogens is 300 g/mol. The van der Waals surface area contributed by atoms with Gasteiger partial charge in [0, 0.05) is 11.9 Å². The molecule has 0 saturated carbocycles. The summed E-state index contributed by atoms with van der Waals surface area (Å²) in [5, 5.41) is 0. The first-order valence-corrected chi connectivity index (χ1v) is 7.77. The highest BCUT2D eigenvalue weighted by Crippen LogP contribution is 2.25. The number of aromatic nitrogens is 2. The summed E-state index contributed by atoms with van der Waals surface area (Å²) in [4.78, 5) is 16.4. The van der Waals surface area contributed by atoms with Gasteiger partial charge in [0.1, 0.15) is 0 Å². The van der Waals surface area contributed by atoms with E-state index in [2.05, 4.69) is 4.98 Å². The summed E-state index contributed by atoms with van der Waals surface area (Å²) in [6.07, 6.45) is 6.22. The summed E-state index contributed by atoms with van der Waals surface area (Å²) >= 11 is 0. The lowest BCUT2D eigenvalue weighted by Crippen LogP contribution is -2.16. The van der Waals surface area contributed by atoms with E-state index in [0.717, 1.165) is 17.0 Å². The number of benzene rings is 1. The number of carbonyl (C=O) groups excluding carboxylic acids is 1. The highest BCUT2D eigenvalue weighted by Gasteiger charge is 2.17. The van der Waals surface area contributed by atoms with Gasteiger partial charge < -0.3 is 15.9 Å². The Labute approximate surface area is 140 Å². The highest BCUT2D eigenvalue weighted by molar-refractivity contribution is 5.97. The summed E-state index contributed by atoms with van der Waals surface area (Å²) in [5.41, 5.74) is 17.1. The molecule has 0 aliphatic carbocycles. The number of anilines is 1. The smallest absolute Gasteiger partial charge is 0.250 e. The van der Waals surface area contributed by atoms with Crippen LogP contribution in [0.2, 0.25) is 0 Å². The number of hydrogen-bond donors (Lipinski definition) is 2. The molecule has 0 radical (unpaired) electrons. The molecule has 0 aliphatic heterocycles. The first kappa shape index (κ1) is 15.8. The Balaban J connectivity index is 2.05. The SMILES string of the molecule is Cc1nc2c(N)c(C/C=C/c3ccccc3)c(C(N)=O)cn2c1C. The normalized spacial score (nSPS) is 11.4. The van der Waals surface area contributed by atoms with Gasteiger partial charge in [0.2, 0.25) is 0 Å². The Morgan fingerprint density at radius 2 is 1.96 bits per heavy atom. The van der Waals surface area contributed by atoms with Crippen molar-refractivity contribution in [3.05, 3.63) is 70.7 Å². The maximum Gasteiger partial charge on any atom is 0.250 e. The zero-order valence-electron chi connectivity index (χ0n) is 13.8. The number of primary amides is 1. The zero-order valence-corrected chi connectivity index (χ0v) is 13.8. The van der Waals surface area contributed by atoms with Crippen LogP contribution in [0, 0.1) is 13.8 Å². The van der Waals surface area contributed by atoms with Crippen LogP contribution in [0.5, 0.6) is 0 Å². The number of amides is 1. The van der Waals surface area contributed by atoms with Crippen molar-refractivity contribution in [2.75, 3.05) is 5.73 Å². The Hall–Kier alpha value is -3.08. The average molecular weight is 320 g/mol. The van der Waals surface area contributed by atoms with Crippen molar-refractivity contribution in [1.82, 2.24) is 9.38 Å². The van der Waals surface area contributed by atoms with Crippen molar-refractivity contribution in [3.63, 3.8) is 0 Å². The van der Waals surface area contributed by atoms with E-state index in [4.69, 9.17) is 11.5 Å². The molecule has 0 unspecified atom stereocenters. The van der Waals surface area contributed by atoms with Gasteiger partial charge in [0.25, 0.3) is 5.91 Å². The molecule has 0 aliphatic rings. The van der Waals surface area contributed by atoms with Crippen molar-refractivity contribution in [1.29, 1.82) is 0 Å². The van der Waals surface area contributed by atoms with Gasteiger partial charge in [-0.05, 0) is 31.4 Å². The number of aryl methyl sites for hydroxylation is 2. The summed E-state index contributed by atoms with van der Waals surface area (Å²) in [5.74, 6) is -0.488. The molecule has 1 aromatic carbocycles. The van der Waals surface area contributed by atoms with Crippen molar-refractivity contribution >= 4 is 23.3 Å². The Bertz CT molecular complexity index is 939. The predicted octanol–water partition coefficient (Wildman–Crippen LogP) is 2.89. The van der Waals surface area contributed by atoms with Crippen LogP contribution < -0.4 is 11.5 Å². The molecule has 2 heterocycles. The molecule has 1 amide bonds. The number of imidazole rings is 1. The fourth-order valence-corrected chi connectivity index (χ4v) is 2.77. The molecule has 0 fully saturated rings. The molecule has 0 spiro atoms. The second-order valence-electron chi connectivity index (χ2n) is 5.79. The minimum absolute atomic E-state index is 0.429. The van der Waals surface area contributed by atoms with Crippen LogP contribution >= 0.6 is 0 Å². The standard InChI is InChI=1S/C19H20N4O/c1-12-13(2)23-11-16(18(21)24)15(17(20)19(23)22-12)10-6-9-14-7-4-3-5-8-14/h3-9,11H,10,20H2,1-2H3,(H2,21,24)/b9-6+. The van der Waals surface area contributed by atoms with Gasteiger partial charge in [-0.25, -0.2) is 4.98 Å². The molecule has 0 saturated heterocycles. The molecule has 122 valence electrons. The molecule has 3 rings (SSSR count). The maximum atomic E-state index is 11.9. The van der Waals surface area contributed by atoms with E-state index in [1.165, 1.54) is 0 Å². The lowest BCUT2D eigenvalue weighted by molar-refractivity contribution is 0.0999. The molecule has 0 atom stereocenters. The van der Waals surface area contributed by atoms with Gasteiger partial charge in [-0.1, -0.05) is 42.5 Å². The summed E-state index contributed by atoms with van der Waals surface area (Å²) < 4.78 is 1.83.